The summed E-state index contributed by atoms with van der Waals surface area (Å²) >= 11 is 0. The molecule has 0 aliphatic heterocycles. The first-order chi connectivity index (χ1) is 8.81. The first kappa shape index (κ1) is 13.6. The molecular weight excluding hydrogens is 269 g/mol. The third-order valence-corrected chi connectivity index (χ3v) is 3.33. The van der Waals surface area contributed by atoms with Crippen molar-refractivity contribution in [1.82, 2.24) is 9.36 Å². The number of hydrogen-bond donors (Lipinski definition) is 3. The molecule has 8 heteroatoms. The number of anilines is 1. The molecule has 0 saturated heterocycles. The summed E-state index contributed by atoms with van der Waals surface area (Å²) in [5, 5.41) is 1.96. The molecule has 0 radical (unpaired) electrons. The minimum Gasteiger partial charge on any atom is -0.308 e. The topological polar surface area (TPSA) is 96.5 Å². The number of aromatic nitrogens is 2. The van der Waals surface area contributed by atoms with Crippen molar-refractivity contribution in [1.29, 1.82) is 0 Å². The Hall–Kier alpha value is -1.82. The average Bonchev–Trinajstić information content (AvgIpc) is 2.53. The van der Waals surface area contributed by atoms with Crippen LogP contribution >= 0.6 is 7.75 Å². The summed E-state index contributed by atoms with van der Waals surface area (Å²) in [5.74, 6) is 0. The van der Waals surface area contributed by atoms with E-state index in [0.29, 0.717) is 11.4 Å². The van der Waals surface area contributed by atoms with Crippen LogP contribution in [0.4, 0.5) is 5.69 Å². The van der Waals surface area contributed by atoms with Gasteiger partial charge in [0.25, 0.3) is 5.56 Å². The third kappa shape index (κ3) is 2.63. The number of para-hydroxylation sites is 1. The number of nitrogens with one attached hydrogen (secondary N) is 1. The van der Waals surface area contributed by atoms with Crippen LogP contribution in [0.1, 0.15) is 5.69 Å². The predicted octanol–water partition coefficient (Wildman–Crippen LogP) is 0.989. The molecule has 1 aromatic carbocycles. The maximum absolute atomic E-state index is 12.2. The van der Waals surface area contributed by atoms with E-state index in [-0.39, 0.29) is 5.69 Å². The Bertz CT molecular complexity index is 699. The van der Waals surface area contributed by atoms with Gasteiger partial charge in [-0.05, 0) is 19.1 Å². The lowest BCUT2D eigenvalue weighted by molar-refractivity contribution is 0.380. The van der Waals surface area contributed by atoms with Gasteiger partial charge >= 0.3 is 7.75 Å². The van der Waals surface area contributed by atoms with Crippen molar-refractivity contribution < 1.29 is 14.4 Å². The van der Waals surface area contributed by atoms with Gasteiger partial charge in [-0.25, -0.2) is 9.25 Å². The van der Waals surface area contributed by atoms with Crippen LogP contribution in [-0.4, -0.2) is 19.2 Å². The first-order valence-electron chi connectivity index (χ1n) is 5.49. The lowest BCUT2D eigenvalue weighted by Gasteiger charge is -2.07. The van der Waals surface area contributed by atoms with Crippen LogP contribution in [0.5, 0.6) is 0 Å². The van der Waals surface area contributed by atoms with E-state index in [0.717, 1.165) is 0 Å². The summed E-state index contributed by atoms with van der Waals surface area (Å²) in [6.07, 6.45) is 0. The summed E-state index contributed by atoms with van der Waals surface area (Å²) in [5.41, 5.74) is 0.461. The Balaban J connectivity index is 2.63. The van der Waals surface area contributed by atoms with Crippen molar-refractivity contribution in [2.24, 2.45) is 7.05 Å². The van der Waals surface area contributed by atoms with Crippen LogP contribution < -0.4 is 10.6 Å². The maximum Gasteiger partial charge on any atom is 0.427 e. The molecule has 1 heterocycles. The summed E-state index contributed by atoms with van der Waals surface area (Å²) in [4.78, 5) is 30.1. The van der Waals surface area contributed by atoms with E-state index in [2.05, 4.69) is 0 Å². The van der Waals surface area contributed by atoms with Crippen molar-refractivity contribution in [3.05, 3.63) is 46.4 Å². The Morgan fingerprint density at radius 2 is 1.79 bits per heavy atom. The van der Waals surface area contributed by atoms with Gasteiger partial charge in [-0.15, -0.1) is 0 Å². The summed E-state index contributed by atoms with van der Waals surface area (Å²) in [6.45, 7) is 1.61. The molecule has 0 aliphatic carbocycles. The molecule has 2 aromatic rings. The van der Waals surface area contributed by atoms with E-state index in [1.54, 1.807) is 38.2 Å². The van der Waals surface area contributed by atoms with E-state index in [4.69, 9.17) is 9.79 Å². The van der Waals surface area contributed by atoms with Crippen molar-refractivity contribution in [3.8, 4) is 5.69 Å². The van der Waals surface area contributed by atoms with Crippen LogP contribution in [0.3, 0.4) is 0 Å². The van der Waals surface area contributed by atoms with Gasteiger partial charge in [0, 0.05) is 7.05 Å². The van der Waals surface area contributed by atoms with Crippen molar-refractivity contribution in [2.75, 3.05) is 5.09 Å². The lowest BCUT2D eigenvalue weighted by atomic mass is 10.3. The molecule has 0 fully saturated rings. The Labute approximate surface area is 109 Å². The first-order valence-corrected chi connectivity index (χ1v) is 7.10. The Morgan fingerprint density at radius 3 is 2.32 bits per heavy atom. The Kier molecular flexibility index (Phi) is 3.36. The van der Waals surface area contributed by atoms with E-state index in [1.165, 1.54) is 9.36 Å². The number of hydrogen-bond acceptors (Lipinski definition) is 2. The molecule has 0 amide bonds. The van der Waals surface area contributed by atoms with Crippen molar-refractivity contribution in [2.45, 2.75) is 6.92 Å². The maximum atomic E-state index is 12.2. The smallest absolute Gasteiger partial charge is 0.308 e. The minimum atomic E-state index is -4.52. The molecule has 0 saturated carbocycles. The van der Waals surface area contributed by atoms with Gasteiger partial charge in [-0.2, -0.15) is 0 Å². The van der Waals surface area contributed by atoms with E-state index < -0.39 is 13.3 Å². The fourth-order valence-corrected chi connectivity index (χ4v) is 2.39. The Morgan fingerprint density at radius 1 is 1.21 bits per heavy atom. The largest absolute Gasteiger partial charge is 0.427 e. The van der Waals surface area contributed by atoms with Crippen LogP contribution in [0, 0.1) is 6.92 Å². The molecule has 0 spiro atoms. The molecule has 1 aromatic heterocycles. The summed E-state index contributed by atoms with van der Waals surface area (Å²) in [6, 6.07) is 8.85. The summed E-state index contributed by atoms with van der Waals surface area (Å²) in [7, 11) is -2.87. The molecule has 19 heavy (non-hydrogen) atoms. The van der Waals surface area contributed by atoms with Gasteiger partial charge in [-0.1, -0.05) is 18.2 Å². The second kappa shape index (κ2) is 4.70. The van der Waals surface area contributed by atoms with Crippen molar-refractivity contribution in [3.63, 3.8) is 0 Å². The van der Waals surface area contributed by atoms with Crippen LogP contribution in [-0.2, 0) is 11.6 Å². The molecule has 0 aliphatic rings. The van der Waals surface area contributed by atoms with Gasteiger partial charge in [0.15, 0.2) is 0 Å². The second-order valence-corrected chi connectivity index (χ2v) is 5.40. The number of benzene rings is 1. The highest BCUT2D eigenvalue weighted by molar-refractivity contribution is 7.53. The normalized spacial score (nSPS) is 11.6. The molecule has 0 unspecified atom stereocenters. The zero-order valence-electron chi connectivity index (χ0n) is 10.4. The zero-order chi connectivity index (χ0) is 14.2. The fourth-order valence-electron chi connectivity index (χ4n) is 1.84. The number of rotatable bonds is 3. The highest BCUT2D eigenvalue weighted by atomic mass is 31.2. The van der Waals surface area contributed by atoms with Gasteiger partial charge in [0.05, 0.1) is 11.4 Å². The predicted molar refractivity (Wildman–Crippen MR) is 71.4 cm³/mol. The quantitative estimate of drug-likeness (QED) is 0.730. The zero-order valence-corrected chi connectivity index (χ0v) is 11.3. The molecule has 2 rings (SSSR count). The summed E-state index contributed by atoms with van der Waals surface area (Å²) < 4.78 is 13.9. The third-order valence-electron chi connectivity index (χ3n) is 2.81. The van der Waals surface area contributed by atoms with E-state index in [1.807, 2.05) is 11.2 Å². The second-order valence-electron chi connectivity index (χ2n) is 4.09. The fraction of sp³-hybridized carbons (Fsp3) is 0.182. The van der Waals surface area contributed by atoms with Gasteiger partial charge < -0.3 is 9.79 Å². The molecule has 0 bridgehead atoms. The molecule has 7 nitrogen and oxygen atoms in total. The standard InChI is InChI=1S/C11H14N3O4P/c1-8-10(12-19(16,17)18)11(15)14(13(8)2)9-6-4-3-5-7-9/h3-7H,1-2H3,(H3,12,16,17,18). The van der Waals surface area contributed by atoms with Crippen LogP contribution in [0.2, 0.25) is 0 Å². The SMILES string of the molecule is Cc1c(NP(=O)(O)O)c(=O)n(-c2ccccc2)n1C. The monoisotopic (exact) mass is 283 g/mol. The lowest BCUT2D eigenvalue weighted by Crippen LogP contribution is -2.20. The highest BCUT2D eigenvalue weighted by Gasteiger charge is 2.22. The average molecular weight is 283 g/mol. The van der Waals surface area contributed by atoms with Gasteiger partial charge in [-0.3, -0.25) is 14.6 Å². The van der Waals surface area contributed by atoms with E-state index in [9.17, 15) is 9.36 Å². The van der Waals surface area contributed by atoms with E-state index >= 15 is 0 Å². The minimum absolute atomic E-state index is 0.0975. The highest BCUT2D eigenvalue weighted by Crippen LogP contribution is 2.35. The molecule has 0 atom stereocenters. The van der Waals surface area contributed by atoms with Crippen LogP contribution in [0.25, 0.3) is 5.69 Å². The molecule has 3 N–H and O–H groups in total. The van der Waals surface area contributed by atoms with Gasteiger partial charge in [0.2, 0.25) is 0 Å². The van der Waals surface area contributed by atoms with Gasteiger partial charge in [0.1, 0.15) is 5.69 Å². The van der Waals surface area contributed by atoms with Crippen molar-refractivity contribution >= 4 is 13.4 Å². The van der Waals surface area contributed by atoms with Crippen LogP contribution in [0.15, 0.2) is 35.1 Å². The molecular formula is C11H14N3O4P. The molecule has 102 valence electrons. The number of nitrogens with zero attached hydrogens (tertiary/aromatic N) is 2.